The van der Waals surface area contributed by atoms with Crippen LogP contribution in [0.2, 0.25) is 0 Å². The Morgan fingerprint density at radius 1 is 0.684 bits per heavy atom. The number of aromatic hydroxyl groups is 1. The van der Waals surface area contributed by atoms with Crippen molar-refractivity contribution in [2.75, 3.05) is 20.8 Å². The van der Waals surface area contributed by atoms with Crippen molar-refractivity contribution >= 4 is 11.9 Å². The van der Waals surface area contributed by atoms with Gasteiger partial charge in [0.2, 0.25) is 0 Å². The van der Waals surface area contributed by atoms with E-state index in [2.05, 4.69) is 6.07 Å². The lowest BCUT2D eigenvalue weighted by molar-refractivity contribution is 0.0587. The Kier molecular flexibility index (Phi) is 7.96. The van der Waals surface area contributed by atoms with Gasteiger partial charge < -0.3 is 19.3 Å². The molecule has 2 aromatic carbocycles. The molecule has 0 spiro atoms. The molecule has 0 atom stereocenters. The van der Waals surface area contributed by atoms with Gasteiger partial charge in [-0.3, -0.25) is 0 Å². The second-order valence-corrected chi connectivity index (χ2v) is 11.2. The van der Waals surface area contributed by atoms with Crippen LogP contribution in [0.25, 0.3) is 0 Å². The molecule has 4 aliphatic carbocycles. The summed E-state index contributed by atoms with van der Waals surface area (Å²) >= 11 is 0. The number of benzene rings is 2. The highest BCUT2D eigenvalue weighted by atomic mass is 16.5. The van der Waals surface area contributed by atoms with E-state index >= 15 is 0 Å². The molecule has 0 aromatic heterocycles. The number of methoxy groups -OCH3 is 2. The van der Waals surface area contributed by atoms with E-state index in [1.165, 1.54) is 101 Å². The van der Waals surface area contributed by atoms with Crippen LogP contribution in [0.5, 0.6) is 11.5 Å². The number of ether oxygens (including phenoxy) is 3. The number of phenols is 1. The average Bonchev–Trinajstić information content (AvgIpc) is 3.75. The molecule has 0 bridgehead atoms. The topological polar surface area (TPSA) is 82.1 Å². The number of carbonyl (C=O) groups is 2. The van der Waals surface area contributed by atoms with Crippen molar-refractivity contribution in [3.05, 3.63) is 57.6 Å². The Bertz CT molecular complexity index is 1180. The molecule has 38 heavy (non-hydrogen) atoms. The maximum Gasteiger partial charge on any atom is 0.341 e. The zero-order chi connectivity index (χ0) is 26.8. The Morgan fingerprint density at radius 2 is 1.11 bits per heavy atom. The summed E-state index contributed by atoms with van der Waals surface area (Å²) in [4.78, 5) is 23.6. The van der Waals surface area contributed by atoms with Crippen LogP contribution in [-0.2, 0) is 9.47 Å². The van der Waals surface area contributed by atoms with Crippen molar-refractivity contribution in [3.63, 3.8) is 0 Å². The van der Waals surface area contributed by atoms with Crippen LogP contribution in [0, 0.1) is 0 Å². The van der Waals surface area contributed by atoms with Crippen LogP contribution in [-0.4, -0.2) is 37.9 Å². The summed E-state index contributed by atoms with van der Waals surface area (Å²) in [5.74, 6) is 2.48. The Balaban J connectivity index is 0.000000156. The fourth-order valence-corrected chi connectivity index (χ4v) is 5.69. The Labute approximate surface area is 225 Å². The van der Waals surface area contributed by atoms with E-state index in [1.807, 2.05) is 19.1 Å². The summed E-state index contributed by atoms with van der Waals surface area (Å²) in [5.41, 5.74) is 6.18. The van der Waals surface area contributed by atoms with E-state index < -0.39 is 5.97 Å². The molecule has 6 nitrogen and oxygen atoms in total. The van der Waals surface area contributed by atoms with Gasteiger partial charge >= 0.3 is 11.9 Å². The summed E-state index contributed by atoms with van der Waals surface area (Å²) in [6.45, 7) is 2.51. The molecule has 0 aliphatic heterocycles. The van der Waals surface area contributed by atoms with Crippen molar-refractivity contribution < 1.29 is 28.9 Å². The molecule has 4 saturated carbocycles. The van der Waals surface area contributed by atoms with E-state index in [9.17, 15) is 14.7 Å². The summed E-state index contributed by atoms with van der Waals surface area (Å²) in [6.07, 6.45) is 12.4. The number of esters is 2. The van der Waals surface area contributed by atoms with Crippen molar-refractivity contribution in [2.45, 2.75) is 94.8 Å². The highest BCUT2D eigenvalue weighted by molar-refractivity contribution is 5.93. The monoisotopic (exact) mass is 520 g/mol. The number of hydrogen-bond donors (Lipinski definition) is 1. The van der Waals surface area contributed by atoms with E-state index in [0.29, 0.717) is 47.2 Å². The predicted molar refractivity (Wildman–Crippen MR) is 146 cm³/mol. The lowest BCUT2D eigenvalue weighted by Gasteiger charge is -2.29. The van der Waals surface area contributed by atoms with Gasteiger partial charge in [0.05, 0.1) is 20.8 Å². The minimum absolute atomic E-state index is 0.0631. The third-order valence-corrected chi connectivity index (χ3v) is 8.62. The minimum atomic E-state index is -0.449. The molecule has 4 fully saturated rings. The highest BCUT2D eigenvalue weighted by Crippen LogP contribution is 2.50. The number of rotatable bonds is 8. The van der Waals surface area contributed by atoms with Crippen LogP contribution < -0.4 is 4.74 Å². The first-order chi connectivity index (χ1) is 18.4. The molecule has 6 rings (SSSR count). The van der Waals surface area contributed by atoms with Gasteiger partial charge in [-0.1, -0.05) is 12.8 Å². The Morgan fingerprint density at radius 3 is 1.53 bits per heavy atom. The van der Waals surface area contributed by atoms with Crippen LogP contribution in [0.15, 0.2) is 24.3 Å². The zero-order valence-corrected chi connectivity index (χ0v) is 22.9. The smallest absolute Gasteiger partial charge is 0.341 e. The number of phenolic OH excluding ortho intramolecular Hbond substituents is 1. The van der Waals surface area contributed by atoms with Gasteiger partial charge in [0.25, 0.3) is 0 Å². The molecule has 0 unspecified atom stereocenters. The highest BCUT2D eigenvalue weighted by Gasteiger charge is 2.34. The maximum atomic E-state index is 12.0. The molecule has 1 N–H and O–H groups in total. The normalized spacial score (nSPS) is 18.9. The van der Waals surface area contributed by atoms with Crippen LogP contribution in [0.1, 0.15) is 138 Å². The van der Waals surface area contributed by atoms with E-state index in [1.54, 1.807) is 6.07 Å². The predicted octanol–water partition coefficient (Wildman–Crippen LogP) is 7.34. The molecule has 6 heteroatoms. The lowest BCUT2D eigenvalue weighted by Crippen LogP contribution is -2.14. The quantitative estimate of drug-likeness (QED) is 0.367. The fraction of sp³-hybridized carbons (Fsp3) is 0.562. The van der Waals surface area contributed by atoms with Gasteiger partial charge in [-0.25, -0.2) is 9.59 Å². The third kappa shape index (κ3) is 5.55. The zero-order valence-electron chi connectivity index (χ0n) is 22.9. The largest absolute Gasteiger partial charge is 0.507 e. The van der Waals surface area contributed by atoms with Gasteiger partial charge in [0, 0.05) is 0 Å². The minimum Gasteiger partial charge on any atom is -0.507 e. The summed E-state index contributed by atoms with van der Waals surface area (Å²) in [5, 5.41) is 9.99. The molecular weight excluding hydrogens is 480 g/mol. The van der Waals surface area contributed by atoms with Crippen molar-refractivity contribution in [1.82, 2.24) is 0 Å². The molecule has 0 amide bonds. The summed E-state index contributed by atoms with van der Waals surface area (Å²) in [7, 11) is 2.77. The van der Waals surface area contributed by atoms with E-state index in [4.69, 9.17) is 14.2 Å². The Hall–Kier alpha value is -3.02. The first kappa shape index (κ1) is 26.6. The molecule has 2 aromatic rings. The average molecular weight is 521 g/mol. The van der Waals surface area contributed by atoms with Crippen LogP contribution >= 0.6 is 0 Å². The van der Waals surface area contributed by atoms with Gasteiger partial charge in [-0.05, 0) is 128 Å². The second-order valence-electron chi connectivity index (χ2n) is 11.2. The van der Waals surface area contributed by atoms with Crippen molar-refractivity contribution in [3.8, 4) is 11.5 Å². The molecule has 0 radical (unpaired) electrons. The van der Waals surface area contributed by atoms with Crippen LogP contribution in [0.3, 0.4) is 0 Å². The SMILES string of the molecule is CCOc1cc(C2CCC2)c(C2CC2)cc1C(=O)OC.COC(=O)c1cc(C2CC2)c(C2CCC2)cc1O. The van der Waals surface area contributed by atoms with E-state index in [0.717, 1.165) is 0 Å². The molecule has 0 heterocycles. The second kappa shape index (κ2) is 11.4. The first-order valence-electron chi connectivity index (χ1n) is 14.3. The third-order valence-electron chi connectivity index (χ3n) is 8.62. The summed E-state index contributed by atoms with van der Waals surface area (Å²) in [6, 6.07) is 7.78. The first-order valence-corrected chi connectivity index (χ1v) is 14.3. The van der Waals surface area contributed by atoms with E-state index in [-0.39, 0.29) is 11.7 Å². The van der Waals surface area contributed by atoms with Gasteiger partial charge in [0.1, 0.15) is 22.6 Å². The molecule has 204 valence electrons. The van der Waals surface area contributed by atoms with Gasteiger partial charge in [-0.2, -0.15) is 0 Å². The standard InChI is InChI=1S/C17H22O3.C15H18O3/c1-3-20-16-10-14(11-5-4-6-11)13(12-7-8-12)9-15(16)17(18)19-2;1-18-15(17)13-7-11(10-5-6-10)12(8-14(13)16)9-3-2-4-9/h9-12H,3-8H2,1-2H3;7-10,16H,2-6H2,1H3. The van der Waals surface area contributed by atoms with Gasteiger partial charge in [-0.15, -0.1) is 0 Å². The summed E-state index contributed by atoms with van der Waals surface area (Å²) < 4.78 is 15.3. The molecule has 0 saturated heterocycles. The van der Waals surface area contributed by atoms with Gasteiger partial charge in [0.15, 0.2) is 0 Å². The van der Waals surface area contributed by atoms with Crippen molar-refractivity contribution in [1.29, 1.82) is 0 Å². The maximum absolute atomic E-state index is 12.0. The fourth-order valence-electron chi connectivity index (χ4n) is 5.69. The number of carbonyl (C=O) groups excluding carboxylic acids is 2. The molecular formula is C32H40O6. The molecule has 4 aliphatic rings. The number of hydrogen-bond acceptors (Lipinski definition) is 6. The lowest BCUT2D eigenvalue weighted by atomic mass is 9.77. The van der Waals surface area contributed by atoms with Crippen LogP contribution in [0.4, 0.5) is 0 Å². The van der Waals surface area contributed by atoms with Crippen molar-refractivity contribution in [2.24, 2.45) is 0 Å².